The molecular formula is C21H35IN4O2. The molecular weight excluding hydrogens is 467 g/mol. The molecule has 0 radical (unpaired) electrons. The van der Waals surface area contributed by atoms with Gasteiger partial charge in [-0.15, -0.1) is 24.0 Å². The van der Waals surface area contributed by atoms with Crippen LogP contribution >= 0.6 is 24.0 Å². The quantitative estimate of drug-likeness (QED) is 0.212. The molecule has 0 heterocycles. The van der Waals surface area contributed by atoms with Gasteiger partial charge in [0.15, 0.2) is 5.96 Å². The third-order valence-electron chi connectivity index (χ3n) is 4.84. The Hall–Kier alpha value is -1.35. The van der Waals surface area contributed by atoms with Gasteiger partial charge >= 0.3 is 0 Å². The van der Waals surface area contributed by atoms with Crippen molar-refractivity contribution in [1.82, 2.24) is 15.5 Å². The van der Waals surface area contributed by atoms with Gasteiger partial charge in [0.05, 0.1) is 0 Å². The predicted molar refractivity (Wildman–Crippen MR) is 125 cm³/mol. The van der Waals surface area contributed by atoms with Gasteiger partial charge in [-0.3, -0.25) is 4.79 Å². The molecule has 2 N–H and O–H groups in total. The molecule has 1 aromatic rings. The summed E-state index contributed by atoms with van der Waals surface area (Å²) in [7, 11) is 3.50. The van der Waals surface area contributed by atoms with E-state index in [1.165, 1.54) is 18.4 Å². The highest BCUT2D eigenvalue weighted by atomic mass is 127. The number of amides is 1. The van der Waals surface area contributed by atoms with E-state index in [1.807, 2.05) is 6.92 Å². The third-order valence-corrected chi connectivity index (χ3v) is 4.84. The van der Waals surface area contributed by atoms with Crippen LogP contribution in [0, 0.1) is 5.41 Å². The minimum atomic E-state index is -0.00385. The van der Waals surface area contributed by atoms with Gasteiger partial charge in [-0.2, -0.15) is 0 Å². The third kappa shape index (κ3) is 9.23. The number of carbonyl (C=O) groups excluding carboxylic acids is 1. The molecule has 0 spiro atoms. The van der Waals surface area contributed by atoms with Gasteiger partial charge in [-0.1, -0.05) is 30.3 Å². The number of likely N-dealkylation sites (N-methyl/N-ethyl adjacent to an activating group) is 1. The van der Waals surface area contributed by atoms with E-state index in [9.17, 15) is 4.79 Å². The number of nitrogens with zero attached hydrogens (tertiary/aromatic N) is 2. The lowest BCUT2D eigenvalue weighted by Crippen LogP contribution is -2.42. The van der Waals surface area contributed by atoms with E-state index in [0.29, 0.717) is 11.4 Å². The van der Waals surface area contributed by atoms with Gasteiger partial charge in [0, 0.05) is 40.4 Å². The molecule has 7 heteroatoms. The lowest BCUT2D eigenvalue weighted by molar-refractivity contribution is -0.127. The van der Waals surface area contributed by atoms with Crippen molar-refractivity contribution in [2.24, 2.45) is 10.4 Å². The highest BCUT2D eigenvalue weighted by Gasteiger charge is 2.42. The van der Waals surface area contributed by atoms with E-state index in [0.717, 1.165) is 39.1 Å². The van der Waals surface area contributed by atoms with Gasteiger partial charge in [0.25, 0.3) is 0 Å². The van der Waals surface area contributed by atoms with Crippen LogP contribution in [0.15, 0.2) is 35.3 Å². The molecule has 0 saturated heterocycles. The number of aliphatic imine (C=N–C) groups is 1. The molecule has 2 rings (SSSR count). The SMILES string of the molecule is CCOCCCNC(=NCC(=O)N(C)C)NCC1(Cc2ccccc2)CC1.I. The minimum Gasteiger partial charge on any atom is -0.382 e. The average molecular weight is 502 g/mol. The number of benzene rings is 1. The van der Waals surface area contributed by atoms with Crippen molar-refractivity contribution in [2.45, 2.75) is 32.6 Å². The Bertz CT molecular complexity index is 604. The van der Waals surface area contributed by atoms with Crippen molar-refractivity contribution in [3.63, 3.8) is 0 Å². The fourth-order valence-electron chi connectivity index (χ4n) is 2.88. The van der Waals surface area contributed by atoms with Crippen molar-refractivity contribution in [3.05, 3.63) is 35.9 Å². The molecule has 1 aliphatic carbocycles. The van der Waals surface area contributed by atoms with Crippen molar-refractivity contribution < 1.29 is 9.53 Å². The normalized spacial score (nSPS) is 14.8. The van der Waals surface area contributed by atoms with Crippen LogP contribution < -0.4 is 10.6 Å². The maximum absolute atomic E-state index is 11.9. The summed E-state index contributed by atoms with van der Waals surface area (Å²) in [5, 5.41) is 6.78. The van der Waals surface area contributed by atoms with Crippen LogP contribution in [0.2, 0.25) is 0 Å². The summed E-state index contributed by atoms with van der Waals surface area (Å²) in [6.07, 6.45) is 4.44. The van der Waals surface area contributed by atoms with Gasteiger partial charge in [0.1, 0.15) is 6.54 Å². The number of hydrogen-bond donors (Lipinski definition) is 2. The first-order valence-electron chi connectivity index (χ1n) is 9.89. The van der Waals surface area contributed by atoms with Crippen LogP contribution in [0.3, 0.4) is 0 Å². The molecule has 1 fully saturated rings. The first-order valence-corrected chi connectivity index (χ1v) is 9.89. The molecule has 0 unspecified atom stereocenters. The summed E-state index contributed by atoms with van der Waals surface area (Å²) in [6, 6.07) is 10.6. The van der Waals surface area contributed by atoms with Crippen LogP contribution in [0.4, 0.5) is 0 Å². The van der Waals surface area contributed by atoms with Crippen LogP contribution in [-0.4, -0.2) is 63.7 Å². The number of halogens is 1. The largest absolute Gasteiger partial charge is 0.382 e. The summed E-state index contributed by atoms with van der Waals surface area (Å²) < 4.78 is 5.37. The number of rotatable bonds is 11. The zero-order valence-corrected chi connectivity index (χ0v) is 19.7. The first-order chi connectivity index (χ1) is 13.0. The standard InChI is InChI=1S/C21H34N4O2.HI/c1-4-27-14-8-13-22-20(23-16-19(26)25(2)3)24-17-21(11-12-21)15-18-9-6-5-7-10-18;/h5-7,9-10H,4,8,11-17H2,1-3H3,(H2,22,23,24);1H. The molecule has 1 aromatic carbocycles. The van der Waals surface area contributed by atoms with Crippen molar-refractivity contribution in [2.75, 3.05) is 46.9 Å². The van der Waals surface area contributed by atoms with Gasteiger partial charge in [-0.25, -0.2) is 4.99 Å². The Kier molecular flexibility index (Phi) is 11.4. The molecule has 6 nitrogen and oxygen atoms in total. The second-order valence-corrected chi connectivity index (χ2v) is 7.45. The lowest BCUT2D eigenvalue weighted by Gasteiger charge is -2.19. The Morgan fingerprint density at radius 3 is 2.54 bits per heavy atom. The molecule has 0 aliphatic heterocycles. The molecule has 1 amide bonds. The number of hydrogen-bond acceptors (Lipinski definition) is 3. The molecule has 28 heavy (non-hydrogen) atoms. The monoisotopic (exact) mass is 502 g/mol. The summed E-state index contributed by atoms with van der Waals surface area (Å²) in [5.74, 6) is 0.705. The van der Waals surface area contributed by atoms with E-state index in [1.54, 1.807) is 19.0 Å². The zero-order chi connectivity index (χ0) is 19.5. The van der Waals surface area contributed by atoms with Gasteiger partial charge < -0.3 is 20.3 Å². The summed E-state index contributed by atoms with van der Waals surface area (Å²) in [6.45, 7) is 5.25. The van der Waals surface area contributed by atoms with Crippen molar-refractivity contribution in [3.8, 4) is 0 Å². The molecule has 0 aromatic heterocycles. The fourth-order valence-corrected chi connectivity index (χ4v) is 2.88. The second-order valence-electron chi connectivity index (χ2n) is 7.45. The van der Waals surface area contributed by atoms with E-state index >= 15 is 0 Å². The van der Waals surface area contributed by atoms with E-state index in [-0.39, 0.29) is 36.4 Å². The molecule has 158 valence electrons. The Labute approximate surface area is 186 Å². The highest BCUT2D eigenvalue weighted by Crippen LogP contribution is 2.47. The smallest absolute Gasteiger partial charge is 0.243 e. The van der Waals surface area contributed by atoms with Crippen LogP contribution in [0.1, 0.15) is 31.7 Å². The Balaban J connectivity index is 0.00000392. The van der Waals surface area contributed by atoms with Crippen molar-refractivity contribution in [1.29, 1.82) is 0 Å². The molecule has 1 aliphatic rings. The average Bonchev–Trinajstić information content (AvgIpc) is 3.43. The fraction of sp³-hybridized carbons (Fsp3) is 0.619. The molecule has 0 bridgehead atoms. The highest BCUT2D eigenvalue weighted by molar-refractivity contribution is 14.0. The van der Waals surface area contributed by atoms with Gasteiger partial charge in [-0.05, 0) is 43.6 Å². The number of ether oxygens (including phenoxy) is 1. The zero-order valence-electron chi connectivity index (χ0n) is 17.4. The topological polar surface area (TPSA) is 66.0 Å². The van der Waals surface area contributed by atoms with Crippen molar-refractivity contribution >= 4 is 35.8 Å². The second kappa shape index (κ2) is 13.0. The Morgan fingerprint density at radius 1 is 1.21 bits per heavy atom. The summed E-state index contributed by atoms with van der Waals surface area (Å²) in [5.41, 5.74) is 1.68. The maximum atomic E-state index is 11.9. The predicted octanol–water partition coefficient (Wildman–Crippen LogP) is 2.68. The molecule has 1 saturated carbocycles. The first kappa shape index (κ1) is 24.7. The molecule has 0 atom stereocenters. The minimum absolute atomic E-state index is 0. The van der Waals surface area contributed by atoms with E-state index < -0.39 is 0 Å². The summed E-state index contributed by atoms with van der Waals surface area (Å²) in [4.78, 5) is 17.9. The number of carbonyl (C=O) groups is 1. The van der Waals surface area contributed by atoms with Gasteiger partial charge in [0.2, 0.25) is 5.91 Å². The summed E-state index contributed by atoms with van der Waals surface area (Å²) >= 11 is 0. The Morgan fingerprint density at radius 2 is 1.93 bits per heavy atom. The van der Waals surface area contributed by atoms with Crippen LogP contribution in [0.25, 0.3) is 0 Å². The maximum Gasteiger partial charge on any atom is 0.243 e. The van der Waals surface area contributed by atoms with E-state index in [4.69, 9.17) is 4.74 Å². The van der Waals surface area contributed by atoms with Crippen LogP contribution in [-0.2, 0) is 16.0 Å². The van der Waals surface area contributed by atoms with E-state index in [2.05, 4.69) is 46.0 Å². The lowest BCUT2D eigenvalue weighted by atomic mass is 9.96. The number of nitrogens with one attached hydrogen (secondary N) is 2. The van der Waals surface area contributed by atoms with Crippen LogP contribution in [0.5, 0.6) is 0 Å². The number of guanidine groups is 1.